The van der Waals surface area contributed by atoms with Gasteiger partial charge in [-0.25, -0.2) is 0 Å². The van der Waals surface area contributed by atoms with Crippen molar-refractivity contribution in [1.82, 2.24) is 10.2 Å². The number of likely N-dealkylation sites (tertiary alicyclic amines) is 1. The number of amides is 2. The Morgan fingerprint density at radius 3 is 2.54 bits per heavy atom. The van der Waals surface area contributed by atoms with Crippen molar-refractivity contribution < 1.29 is 9.59 Å². The topological polar surface area (TPSA) is 61.4 Å². The second kappa shape index (κ2) is 7.78. The van der Waals surface area contributed by atoms with E-state index in [1.165, 1.54) is 32.1 Å². The lowest BCUT2D eigenvalue weighted by atomic mass is 9.89. The molecule has 3 aliphatic rings. The van der Waals surface area contributed by atoms with E-state index >= 15 is 0 Å². The third-order valence-corrected chi connectivity index (χ3v) is 6.31. The fourth-order valence-electron chi connectivity index (χ4n) is 4.80. The molecular formula is C21H29N3O2. The van der Waals surface area contributed by atoms with Gasteiger partial charge in [0.05, 0.1) is 12.5 Å². The summed E-state index contributed by atoms with van der Waals surface area (Å²) in [7, 11) is 0. The van der Waals surface area contributed by atoms with E-state index in [1.807, 2.05) is 24.3 Å². The Balaban J connectivity index is 1.34. The van der Waals surface area contributed by atoms with E-state index in [1.54, 1.807) is 0 Å². The molecule has 1 aromatic rings. The molecule has 0 aromatic heterocycles. The highest BCUT2D eigenvalue weighted by Gasteiger charge is 2.32. The molecule has 0 bridgehead atoms. The summed E-state index contributed by atoms with van der Waals surface area (Å²) < 4.78 is 0. The van der Waals surface area contributed by atoms with E-state index in [-0.39, 0.29) is 23.8 Å². The summed E-state index contributed by atoms with van der Waals surface area (Å²) in [4.78, 5) is 27.4. The summed E-state index contributed by atoms with van der Waals surface area (Å²) >= 11 is 0. The van der Waals surface area contributed by atoms with Crippen LogP contribution < -0.4 is 10.6 Å². The van der Waals surface area contributed by atoms with Crippen LogP contribution in [0.1, 0.15) is 63.0 Å². The van der Waals surface area contributed by atoms with Crippen molar-refractivity contribution in [3.8, 4) is 0 Å². The van der Waals surface area contributed by atoms with E-state index in [2.05, 4.69) is 15.5 Å². The third kappa shape index (κ3) is 3.78. The number of carbonyl (C=O) groups excluding carboxylic acids is 2. The van der Waals surface area contributed by atoms with E-state index < -0.39 is 0 Å². The molecule has 2 fully saturated rings. The van der Waals surface area contributed by atoms with Gasteiger partial charge in [0, 0.05) is 17.6 Å². The Hall–Kier alpha value is -1.88. The quantitative estimate of drug-likeness (QED) is 0.875. The molecule has 5 heteroatoms. The van der Waals surface area contributed by atoms with Gasteiger partial charge in [0.15, 0.2) is 0 Å². The molecular weight excluding hydrogens is 326 g/mol. The fourth-order valence-corrected chi connectivity index (χ4v) is 4.80. The zero-order chi connectivity index (χ0) is 17.9. The molecule has 1 saturated carbocycles. The van der Waals surface area contributed by atoms with Crippen LogP contribution in [0.25, 0.3) is 0 Å². The van der Waals surface area contributed by atoms with Crippen LogP contribution in [0, 0.1) is 5.92 Å². The van der Waals surface area contributed by atoms with Crippen molar-refractivity contribution in [2.24, 2.45) is 5.92 Å². The summed E-state index contributed by atoms with van der Waals surface area (Å²) in [6.07, 6.45) is 8.93. The van der Waals surface area contributed by atoms with Gasteiger partial charge in [-0.2, -0.15) is 0 Å². The molecule has 5 nitrogen and oxygen atoms in total. The predicted molar refractivity (Wildman–Crippen MR) is 102 cm³/mol. The van der Waals surface area contributed by atoms with E-state index in [0.29, 0.717) is 6.42 Å². The maximum Gasteiger partial charge on any atom is 0.226 e. The van der Waals surface area contributed by atoms with Gasteiger partial charge in [-0.15, -0.1) is 0 Å². The van der Waals surface area contributed by atoms with Crippen LogP contribution in [0.2, 0.25) is 0 Å². The van der Waals surface area contributed by atoms with Crippen molar-refractivity contribution in [3.05, 3.63) is 29.8 Å². The number of rotatable bonds is 3. The molecule has 1 atom stereocenters. The van der Waals surface area contributed by atoms with Crippen molar-refractivity contribution in [2.75, 3.05) is 18.4 Å². The van der Waals surface area contributed by atoms with Gasteiger partial charge in [-0.05, 0) is 50.4 Å². The molecule has 1 aromatic carbocycles. The molecule has 0 unspecified atom stereocenters. The first-order valence-electron chi connectivity index (χ1n) is 10.1. The minimum Gasteiger partial charge on any atom is -0.348 e. The standard InChI is InChI=1S/C21H29N3O2/c25-20-14-19(17-8-4-5-9-18(17)22-20)23-21(26)15-10-12-24(13-11-15)16-6-2-1-3-7-16/h4-5,8-9,15-16,19H,1-3,6-7,10-14H2,(H,22,25)(H,23,26)/t19-/m0/s1. The number of piperidine rings is 1. The van der Waals surface area contributed by atoms with Crippen molar-refractivity contribution >= 4 is 17.5 Å². The number of carbonyl (C=O) groups is 2. The number of benzene rings is 1. The number of hydrogen-bond donors (Lipinski definition) is 2. The number of fused-ring (bicyclic) bond motifs is 1. The Morgan fingerprint density at radius 2 is 1.77 bits per heavy atom. The maximum atomic E-state index is 12.8. The number of para-hydroxylation sites is 1. The van der Waals surface area contributed by atoms with Gasteiger partial charge in [0.1, 0.15) is 0 Å². The molecule has 0 radical (unpaired) electrons. The number of anilines is 1. The molecule has 0 spiro atoms. The minimum absolute atomic E-state index is 0.0267. The summed E-state index contributed by atoms with van der Waals surface area (Å²) in [5, 5.41) is 6.04. The average Bonchev–Trinajstić information content (AvgIpc) is 2.68. The first-order chi connectivity index (χ1) is 12.7. The highest BCUT2D eigenvalue weighted by molar-refractivity contribution is 5.95. The summed E-state index contributed by atoms with van der Waals surface area (Å²) in [5.41, 5.74) is 1.83. The predicted octanol–water partition coefficient (Wildman–Crippen LogP) is 3.23. The molecule has 1 aliphatic carbocycles. The Kier molecular flexibility index (Phi) is 5.25. The lowest BCUT2D eigenvalue weighted by molar-refractivity contribution is -0.127. The molecule has 140 valence electrons. The van der Waals surface area contributed by atoms with Crippen LogP contribution in [0.4, 0.5) is 5.69 Å². The number of nitrogens with one attached hydrogen (secondary N) is 2. The number of hydrogen-bond acceptors (Lipinski definition) is 3. The van der Waals surface area contributed by atoms with Crippen LogP contribution in [0.5, 0.6) is 0 Å². The normalized spacial score (nSPS) is 25.4. The summed E-state index contributed by atoms with van der Waals surface area (Å²) in [6, 6.07) is 8.28. The lowest BCUT2D eigenvalue weighted by Crippen LogP contribution is -2.46. The Labute approximate surface area is 155 Å². The second-order valence-electron chi connectivity index (χ2n) is 8.00. The smallest absolute Gasteiger partial charge is 0.226 e. The van der Waals surface area contributed by atoms with Gasteiger partial charge in [0.2, 0.25) is 11.8 Å². The van der Waals surface area contributed by atoms with Gasteiger partial charge in [-0.1, -0.05) is 37.5 Å². The number of nitrogens with zero attached hydrogens (tertiary/aromatic N) is 1. The molecule has 4 rings (SSSR count). The van der Waals surface area contributed by atoms with Crippen LogP contribution in [0.3, 0.4) is 0 Å². The van der Waals surface area contributed by atoms with E-state index in [9.17, 15) is 9.59 Å². The zero-order valence-electron chi connectivity index (χ0n) is 15.4. The molecule has 26 heavy (non-hydrogen) atoms. The largest absolute Gasteiger partial charge is 0.348 e. The third-order valence-electron chi connectivity index (χ3n) is 6.31. The highest BCUT2D eigenvalue weighted by Crippen LogP contribution is 2.31. The summed E-state index contributed by atoms with van der Waals surface area (Å²) in [5.74, 6) is 0.163. The highest BCUT2D eigenvalue weighted by atomic mass is 16.2. The second-order valence-corrected chi connectivity index (χ2v) is 8.00. The summed E-state index contributed by atoms with van der Waals surface area (Å²) in [6.45, 7) is 2.06. The Morgan fingerprint density at radius 1 is 1.04 bits per heavy atom. The van der Waals surface area contributed by atoms with E-state index in [4.69, 9.17) is 0 Å². The maximum absolute atomic E-state index is 12.8. The van der Waals surface area contributed by atoms with Gasteiger partial charge in [-0.3, -0.25) is 9.59 Å². The van der Waals surface area contributed by atoms with Crippen LogP contribution in [-0.4, -0.2) is 35.8 Å². The average molecular weight is 355 g/mol. The van der Waals surface area contributed by atoms with Crippen molar-refractivity contribution in [3.63, 3.8) is 0 Å². The first-order valence-corrected chi connectivity index (χ1v) is 10.1. The Bertz CT molecular complexity index is 661. The monoisotopic (exact) mass is 355 g/mol. The van der Waals surface area contributed by atoms with Crippen LogP contribution in [-0.2, 0) is 9.59 Å². The van der Waals surface area contributed by atoms with Gasteiger partial charge >= 0.3 is 0 Å². The molecule has 2 N–H and O–H groups in total. The zero-order valence-corrected chi connectivity index (χ0v) is 15.4. The van der Waals surface area contributed by atoms with Crippen LogP contribution >= 0.6 is 0 Å². The van der Waals surface area contributed by atoms with Crippen molar-refractivity contribution in [2.45, 2.75) is 63.5 Å². The lowest BCUT2D eigenvalue weighted by Gasteiger charge is -2.39. The minimum atomic E-state index is -0.205. The first kappa shape index (κ1) is 17.5. The SMILES string of the molecule is O=C1C[C@H](NC(=O)C2CCN(C3CCCCC3)CC2)c2ccccc2N1. The van der Waals surface area contributed by atoms with Crippen LogP contribution in [0.15, 0.2) is 24.3 Å². The molecule has 1 saturated heterocycles. The fraction of sp³-hybridized carbons (Fsp3) is 0.619. The molecule has 2 heterocycles. The van der Waals surface area contributed by atoms with Gasteiger partial charge in [0.25, 0.3) is 0 Å². The molecule has 2 aliphatic heterocycles. The van der Waals surface area contributed by atoms with Gasteiger partial charge < -0.3 is 15.5 Å². The molecule has 2 amide bonds. The van der Waals surface area contributed by atoms with E-state index in [0.717, 1.165) is 43.2 Å². The van der Waals surface area contributed by atoms with Crippen molar-refractivity contribution in [1.29, 1.82) is 0 Å².